The molecule has 0 heterocycles. The number of ether oxygens (including phenoxy) is 4. The first-order chi connectivity index (χ1) is 21.9. The van der Waals surface area contributed by atoms with Gasteiger partial charge in [-0.1, -0.05) is 48.5 Å². The summed E-state index contributed by atoms with van der Waals surface area (Å²) in [4.78, 5) is 30.8. The molecule has 0 fully saturated rings. The van der Waals surface area contributed by atoms with Crippen LogP contribution in [-0.2, 0) is 35.8 Å². The Hall–Kier alpha value is -4.98. The summed E-state index contributed by atoms with van der Waals surface area (Å²) in [6, 6.07) is 30.9. The van der Waals surface area contributed by atoms with Crippen molar-refractivity contribution in [1.29, 1.82) is 0 Å². The van der Waals surface area contributed by atoms with Crippen LogP contribution in [-0.4, -0.2) is 50.1 Å². The van der Waals surface area contributed by atoms with Crippen LogP contribution in [0.3, 0.4) is 0 Å². The fourth-order valence-electron chi connectivity index (χ4n) is 4.98. The molecule has 0 spiro atoms. The van der Waals surface area contributed by atoms with E-state index in [0.29, 0.717) is 32.6 Å². The third kappa shape index (κ3) is 10.0. The molecule has 0 radical (unpaired) electrons. The molecule has 4 rings (SSSR count). The van der Waals surface area contributed by atoms with Gasteiger partial charge >= 0.3 is 0 Å². The second-order valence-corrected chi connectivity index (χ2v) is 10.7. The maximum Gasteiger partial charge on any atom is 0.223 e. The lowest BCUT2D eigenvalue weighted by molar-refractivity contribution is -0.134. The molecule has 0 bridgehead atoms. The van der Waals surface area contributed by atoms with Crippen LogP contribution in [0, 0.1) is 0 Å². The van der Waals surface area contributed by atoms with Gasteiger partial charge in [0, 0.05) is 39.0 Å². The number of carbonyl (C=O) groups excluding carboxylic acids is 2. The van der Waals surface area contributed by atoms with Gasteiger partial charge in [0.1, 0.15) is 23.0 Å². The molecule has 0 aliphatic heterocycles. The van der Waals surface area contributed by atoms with Gasteiger partial charge in [0.05, 0.1) is 28.4 Å². The molecule has 45 heavy (non-hydrogen) atoms. The van der Waals surface area contributed by atoms with Gasteiger partial charge in [0.15, 0.2) is 0 Å². The molecule has 236 valence electrons. The molecule has 4 aromatic rings. The zero-order valence-corrected chi connectivity index (χ0v) is 26.5. The molecule has 0 unspecified atom stereocenters. The highest BCUT2D eigenvalue weighted by atomic mass is 16.5. The van der Waals surface area contributed by atoms with Crippen molar-refractivity contribution < 1.29 is 28.5 Å². The molecule has 0 aliphatic carbocycles. The van der Waals surface area contributed by atoms with E-state index in [-0.39, 0.29) is 24.7 Å². The Labute approximate surface area is 266 Å². The smallest absolute Gasteiger partial charge is 0.223 e. The Morgan fingerprint density at radius 2 is 0.644 bits per heavy atom. The average Bonchev–Trinajstić information content (AvgIpc) is 3.08. The minimum Gasteiger partial charge on any atom is -0.497 e. The van der Waals surface area contributed by atoms with Crippen molar-refractivity contribution >= 4 is 11.8 Å². The van der Waals surface area contributed by atoms with Gasteiger partial charge in [-0.2, -0.15) is 0 Å². The molecule has 0 atom stereocenters. The van der Waals surface area contributed by atoms with Crippen LogP contribution in [0.25, 0.3) is 0 Å². The number of hydrogen-bond donors (Lipinski definition) is 0. The van der Waals surface area contributed by atoms with E-state index in [1.165, 1.54) is 0 Å². The summed E-state index contributed by atoms with van der Waals surface area (Å²) in [5.74, 6) is 3.04. The number of amides is 2. The Kier molecular flexibility index (Phi) is 12.3. The number of rotatable bonds is 16. The van der Waals surface area contributed by atoms with E-state index in [9.17, 15) is 9.59 Å². The molecule has 4 aromatic carbocycles. The highest BCUT2D eigenvalue weighted by Crippen LogP contribution is 2.21. The fraction of sp³-hybridized carbons (Fsp3) is 0.297. The van der Waals surface area contributed by atoms with Gasteiger partial charge < -0.3 is 28.7 Å². The Balaban J connectivity index is 1.43. The predicted molar refractivity (Wildman–Crippen MR) is 174 cm³/mol. The molecular weight excluding hydrogens is 568 g/mol. The van der Waals surface area contributed by atoms with E-state index in [2.05, 4.69) is 0 Å². The third-order valence-corrected chi connectivity index (χ3v) is 7.62. The van der Waals surface area contributed by atoms with Crippen molar-refractivity contribution in [2.75, 3.05) is 28.4 Å². The van der Waals surface area contributed by atoms with E-state index in [4.69, 9.17) is 18.9 Å². The quantitative estimate of drug-likeness (QED) is 0.141. The first-order valence-electron chi connectivity index (χ1n) is 15.0. The number of benzene rings is 4. The highest BCUT2D eigenvalue weighted by molar-refractivity contribution is 5.79. The maximum absolute atomic E-state index is 13.6. The Bertz CT molecular complexity index is 1270. The van der Waals surface area contributed by atoms with Crippen LogP contribution in [0.5, 0.6) is 23.0 Å². The van der Waals surface area contributed by atoms with Gasteiger partial charge in [-0.3, -0.25) is 9.59 Å². The molecule has 8 heteroatoms. The second kappa shape index (κ2) is 16.8. The predicted octanol–water partition coefficient (Wildman–Crippen LogP) is 6.65. The van der Waals surface area contributed by atoms with Crippen LogP contribution in [0.1, 0.15) is 41.5 Å². The minimum absolute atomic E-state index is 0.00806. The Morgan fingerprint density at radius 3 is 0.844 bits per heavy atom. The van der Waals surface area contributed by atoms with Gasteiger partial charge in [-0.15, -0.1) is 0 Å². The third-order valence-electron chi connectivity index (χ3n) is 7.62. The fourth-order valence-corrected chi connectivity index (χ4v) is 4.98. The van der Waals surface area contributed by atoms with Crippen molar-refractivity contribution in [3.05, 3.63) is 119 Å². The van der Waals surface area contributed by atoms with E-state index < -0.39 is 0 Å². The zero-order chi connectivity index (χ0) is 32.0. The molecule has 0 N–H and O–H groups in total. The number of methoxy groups -OCH3 is 4. The largest absolute Gasteiger partial charge is 0.497 e. The summed E-state index contributed by atoms with van der Waals surface area (Å²) >= 11 is 0. The summed E-state index contributed by atoms with van der Waals surface area (Å²) in [5.41, 5.74) is 4.00. The first kappa shape index (κ1) is 32.9. The summed E-state index contributed by atoms with van der Waals surface area (Å²) in [6.45, 7) is 1.79. The lowest BCUT2D eigenvalue weighted by Crippen LogP contribution is -2.32. The van der Waals surface area contributed by atoms with Crippen LogP contribution < -0.4 is 18.9 Å². The van der Waals surface area contributed by atoms with Gasteiger partial charge in [-0.25, -0.2) is 0 Å². The normalized spacial score (nSPS) is 10.6. The summed E-state index contributed by atoms with van der Waals surface area (Å²) in [6.07, 6.45) is 0.967. The highest BCUT2D eigenvalue weighted by Gasteiger charge is 2.19. The molecule has 0 saturated carbocycles. The van der Waals surface area contributed by atoms with Crippen molar-refractivity contribution in [1.82, 2.24) is 9.80 Å². The van der Waals surface area contributed by atoms with Gasteiger partial charge in [-0.05, 0) is 77.2 Å². The van der Waals surface area contributed by atoms with Crippen molar-refractivity contribution in [3.63, 3.8) is 0 Å². The van der Waals surface area contributed by atoms with E-state index in [1.54, 1.807) is 28.4 Å². The van der Waals surface area contributed by atoms with Crippen molar-refractivity contribution in [3.8, 4) is 23.0 Å². The Morgan fingerprint density at radius 1 is 0.422 bits per heavy atom. The standard InChI is InChI=1S/C37H42N2O6/c1-42-32-16-8-28(9-17-32)24-38(25-29-10-18-33(43-2)19-11-29)36(40)6-5-7-37(41)39(26-30-12-20-34(44-3)21-13-30)27-31-14-22-35(45-4)23-15-31/h8-23H,5-7,24-27H2,1-4H3. The lowest BCUT2D eigenvalue weighted by atomic mass is 10.1. The topological polar surface area (TPSA) is 77.5 Å². The monoisotopic (exact) mass is 610 g/mol. The second-order valence-electron chi connectivity index (χ2n) is 10.7. The molecule has 8 nitrogen and oxygen atoms in total. The molecule has 0 aromatic heterocycles. The van der Waals surface area contributed by atoms with E-state index in [1.807, 2.05) is 107 Å². The minimum atomic E-state index is -0.00806. The SMILES string of the molecule is COc1ccc(CN(Cc2ccc(OC)cc2)C(=O)CCCC(=O)N(Cc2ccc(OC)cc2)Cc2ccc(OC)cc2)cc1. The van der Waals surface area contributed by atoms with Crippen LogP contribution >= 0.6 is 0 Å². The summed E-state index contributed by atoms with van der Waals surface area (Å²) in [7, 11) is 6.52. The number of carbonyl (C=O) groups is 2. The van der Waals surface area contributed by atoms with Crippen molar-refractivity contribution in [2.45, 2.75) is 45.4 Å². The number of hydrogen-bond acceptors (Lipinski definition) is 6. The van der Waals surface area contributed by atoms with Crippen molar-refractivity contribution in [2.24, 2.45) is 0 Å². The molecule has 0 aliphatic rings. The summed E-state index contributed by atoms with van der Waals surface area (Å²) < 4.78 is 21.2. The first-order valence-corrected chi connectivity index (χ1v) is 15.0. The molecule has 2 amide bonds. The lowest BCUT2D eigenvalue weighted by Gasteiger charge is -2.25. The van der Waals surface area contributed by atoms with Gasteiger partial charge in [0.25, 0.3) is 0 Å². The van der Waals surface area contributed by atoms with E-state index in [0.717, 1.165) is 45.3 Å². The van der Waals surface area contributed by atoms with E-state index >= 15 is 0 Å². The van der Waals surface area contributed by atoms with Crippen LogP contribution in [0.15, 0.2) is 97.1 Å². The maximum atomic E-state index is 13.6. The zero-order valence-electron chi connectivity index (χ0n) is 26.5. The average molecular weight is 611 g/mol. The number of nitrogens with zero attached hydrogens (tertiary/aromatic N) is 2. The van der Waals surface area contributed by atoms with Crippen LogP contribution in [0.2, 0.25) is 0 Å². The molecule has 0 saturated heterocycles. The summed E-state index contributed by atoms with van der Waals surface area (Å²) in [5, 5.41) is 0. The van der Waals surface area contributed by atoms with Gasteiger partial charge in [0.2, 0.25) is 11.8 Å². The molecular formula is C37H42N2O6. The van der Waals surface area contributed by atoms with Crippen LogP contribution in [0.4, 0.5) is 0 Å².